The third kappa shape index (κ3) is 3.58. The number of aromatic nitrogens is 5. The van der Waals surface area contributed by atoms with E-state index in [0.29, 0.717) is 17.1 Å². The molecule has 2 N–H and O–H groups in total. The smallest absolute Gasteiger partial charge is 0.228 e. The quantitative estimate of drug-likeness (QED) is 0.443. The van der Waals surface area contributed by atoms with Crippen LogP contribution in [0.5, 0.6) is 11.5 Å². The summed E-state index contributed by atoms with van der Waals surface area (Å²) in [6.45, 7) is -2.08. The van der Waals surface area contributed by atoms with Crippen LogP contribution in [-0.2, 0) is 6.42 Å². The summed E-state index contributed by atoms with van der Waals surface area (Å²) in [5, 5.41) is 15.6. The van der Waals surface area contributed by atoms with Crippen LogP contribution in [0.1, 0.15) is 18.7 Å². The second-order valence-corrected chi connectivity index (χ2v) is 7.25. The van der Waals surface area contributed by atoms with Gasteiger partial charge in [-0.15, -0.1) is 0 Å². The highest BCUT2D eigenvalue weighted by Crippen LogP contribution is 2.36. The van der Waals surface area contributed by atoms with Gasteiger partial charge in [-0.1, -0.05) is 0 Å². The van der Waals surface area contributed by atoms with Gasteiger partial charge in [0.2, 0.25) is 13.7 Å². The summed E-state index contributed by atoms with van der Waals surface area (Å²) in [5.41, 5.74) is 3.02. The average molecular weight is 411 g/mol. The number of H-pyrrole nitrogens is 2. The molecule has 30 heavy (non-hydrogen) atoms. The maximum atomic E-state index is 12.7. The Morgan fingerprint density at radius 1 is 0.900 bits per heavy atom. The van der Waals surface area contributed by atoms with E-state index in [1.165, 1.54) is 18.9 Å². The molecule has 4 aromatic rings. The van der Waals surface area contributed by atoms with Gasteiger partial charge in [0, 0.05) is 22.9 Å². The molecular formula is C21H19F2N5O2. The van der Waals surface area contributed by atoms with Crippen LogP contribution in [-0.4, -0.2) is 39.1 Å². The Bertz CT molecular complexity index is 1190. The largest absolute Gasteiger partial charge is 0.459 e. The van der Waals surface area contributed by atoms with Gasteiger partial charge in [0.05, 0.1) is 5.52 Å². The van der Waals surface area contributed by atoms with Gasteiger partial charge < -0.3 is 9.47 Å². The Morgan fingerprint density at radius 2 is 1.70 bits per heavy atom. The minimum absolute atomic E-state index is 0.110. The highest BCUT2D eigenvalue weighted by molar-refractivity contribution is 5.95. The van der Waals surface area contributed by atoms with Gasteiger partial charge in [0.15, 0.2) is 17.3 Å². The summed E-state index contributed by atoms with van der Waals surface area (Å²) in [6.07, 6.45) is 3.43. The van der Waals surface area contributed by atoms with Crippen LogP contribution in [0.25, 0.3) is 33.5 Å². The van der Waals surface area contributed by atoms with Crippen molar-refractivity contribution in [2.75, 3.05) is 13.7 Å². The van der Waals surface area contributed by atoms with E-state index in [1.807, 2.05) is 18.2 Å². The predicted molar refractivity (Wildman–Crippen MR) is 107 cm³/mol. The third-order valence-corrected chi connectivity index (χ3v) is 5.17. The molecule has 2 aromatic carbocycles. The van der Waals surface area contributed by atoms with Crippen LogP contribution in [0.15, 0.2) is 36.4 Å². The first-order valence-electron chi connectivity index (χ1n) is 9.67. The maximum absolute atomic E-state index is 12.7. The molecule has 0 amide bonds. The molecule has 7 nitrogen and oxygen atoms in total. The average Bonchev–Trinajstić information content (AvgIpc) is 3.28. The number of alkyl halides is 2. The van der Waals surface area contributed by atoms with E-state index in [2.05, 4.69) is 25.4 Å². The standard InChI is InChI=1S/C21H19F2N5O2/c22-10-29-17-6-4-13(9-18(17)30-11-23)20-15-8-14(3-5-16(15)25-27-20)21-24-19(26-28-21)7-12-1-2-12/h3-6,8-9,12H,1-2,7,10-11H2,(H,25,27)(H,24,26,28). The molecule has 0 bridgehead atoms. The fourth-order valence-electron chi connectivity index (χ4n) is 3.49. The molecule has 0 unspecified atom stereocenters. The predicted octanol–water partition coefficient (Wildman–Crippen LogP) is 4.58. The summed E-state index contributed by atoms with van der Waals surface area (Å²) in [7, 11) is 0. The number of nitrogens with one attached hydrogen (secondary N) is 2. The van der Waals surface area contributed by atoms with E-state index in [9.17, 15) is 8.78 Å². The van der Waals surface area contributed by atoms with Gasteiger partial charge in [0.25, 0.3) is 0 Å². The minimum atomic E-state index is -1.05. The number of aromatic amines is 2. The van der Waals surface area contributed by atoms with Crippen LogP contribution < -0.4 is 9.47 Å². The zero-order valence-electron chi connectivity index (χ0n) is 16.0. The van der Waals surface area contributed by atoms with Crippen LogP contribution in [0.3, 0.4) is 0 Å². The fraction of sp³-hybridized carbons (Fsp3) is 0.286. The summed E-state index contributed by atoms with van der Waals surface area (Å²) in [6, 6.07) is 10.6. The number of ether oxygens (including phenoxy) is 2. The highest BCUT2D eigenvalue weighted by atomic mass is 19.1. The lowest BCUT2D eigenvalue weighted by Gasteiger charge is -2.10. The monoisotopic (exact) mass is 411 g/mol. The molecule has 1 fully saturated rings. The SMILES string of the molecule is FCOc1ccc(-c2n[nH]c3ccc(-c4n[nH]c(CC5CC5)n4)cc23)cc1OCF. The second kappa shape index (κ2) is 7.74. The summed E-state index contributed by atoms with van der Waals surface area (Å²) >= 11 is 0. The number of hydrogen-bond acceptors (Lipinski definition) is 5. The van der Waals surface area contributed by atoms with E-state index in [0.717, 1.165) is 34.6 Å². The Morgan fingerprint density at radius 3 is 2.50 bits per heavy atom. The molecule has 0 aliphatic heterocycles. The van der Waals surface area contributed by atoms with Crippen LogP contribution in [0.4, 0.5) is 8.78 Å². The zero-order valence-corrected chi connectivity index (χ0v) is 16.0. The van der Waals surface area contributed by atoms with Gasteiger partial charge >= 0.3 is 0 Å². The van der Waals surface area contributed by atoms with Crippen LogP contribution >= 0.6 is 0 Å². The Labute approximate surface area is 170 Å². The van der Waals surface area contributed by atoms with E-state index in [4.69, 9.17) is 9.47 Å². The maximum Gasteiger partial charge on any atom is 0.228 e. The van der Waals surface area contributed by atoms with Crippen LogP contribution in [0.2, 0.25) is 0 Å². The molecule has 0 saturated heterocycles. The van der Waals surface area contributed by atoms with Gasteiger partial charge in [-0.2, -0.15) is 10.2 Å². The van der Waals surface area contributed by atoms with Gasteiger partial charge in [-0.3, -0.25) is 10.2 Å². The summed E-state index contributed by atoms with van der Waals surface area (Å²) < 4.78 is 35.1. The van der Waals surface area contributed by atoms with Crippen molar-refractivity contribution < 1.29 is 18.3 Å². The van der Waals surface area contributed by atoms with Crippen molar-refractivity contribution >= 4 is 10.9 Å². The number of halogens is 2. The van der Waals surface area contributed by atoms with E-state index < -0.39 is 13.7 Å². The molecule has 5 rings (SSSR count). The van der Waals surface area contributed by atoms with Crippen molar-refractivity contribution in [1.29, 1.82) is 0 Å². The van der Waals surface area contributed by atoms with Crippen molar-refractivity contribution in [3.05, 3.63) is 42.2 Å². The minimum Gasteiger partial charge on any atom is -0.459 e. The second-order valence-electron chi connectivity index (χ2n) is 7.25. The first-order chi connectivity index (χ1) is 14.7. The Balaban J connectivity index is 1.51. The van der Waals surface area contributed by atoms with Gasteiger partial charge in [-0.05, 0) is 55.2 Å². The highest BCUT2D eigenvalue weighted by Gasteiger charge is 2.23. The van der Waals surface area contributed by atoms with E-state index >= 15 is 0 Å². The molecule has 2 aromatic heterocycles. The van der Waals surface area contributed by atoms with Gasteiger partial charge in [0.1, 0.15) is 11.5 Å². The van der Waals surface area contributed by atoms with Crippen LogP contribution in [0, 0.1) is 5.92 Å². The lowest BCUT2D eigenvalue weighted by molar-refractivity contribution is 0.158. The zero-order chi connectivity index (χ0) is 20.5. The molecule has 1 aliphatic carbocycles. The summed E-state index contributed by atoms with van der Waals surface area (Å²) in [5.74, 6) is 2.49. The molecule has 1 aliphatic rings. The first kappa shape index (κ1) is 18.5. The number of rotatable bonds is 8. The molecule has 2 heterocycles. The topological polar surface area (TPSA) is 88.7 Å². The Kier molecular flexibility index (Phi) is 4.78. The van der Waals surface area contributed by atoms with Crippen molar-refractivity contribution in [3.8, 4) is 34.1 Å². The van der Waals surface area contributed by atoms with E-state index in [1.54, 1.807) is 12.1 Å². The number of nitrogens with zero attached hydrogens (tertiary/aromatic N) is 3. The van der Waals surface area contributed by atoms with Crippen molar-refractivity contribution in [2.45, 2.75) is 19.3 Å². The normalized spacial score (nSPS) is 13.7. The third-order valence-electron chi connectivity index (χ3n) is 5.17. The molecular weight excluding hydrogens is 392 g/mol. The molecule has 0 atom stereocenters. The first-order valence-corrected chi connectivity index (χ1v) is 9.67. The lowest BCUT2D eigenvalue weighted by Crippen LogP contribution is -1.97. The number of fused-ring (bicyclic) bond motifs is 1. The van der Waals surface area contributed by atoms with Gasteiger partial charge in [-0.25, -0.2) is 13.8 Å². The lowest BCUT2D eigenvalue weighted by atomic mass is 10.0. The van der Waals surface area contributed by atoms with Crippen molar-refractivity contribution in [1.82, 2.24) is 25.4 Å². The molecule has 0 spiro atoms. The molecule has 9 heteroatoms. The summed E-state index contributed by atoms with van der Waals surface area (Å²) in [4.78, 5) is 4.61. The fourth-order valence-corrected chi connectivity index (χ4v) is 3.49. The molecule has 154 valence electrons. The Hall–Kier alpha value is -3.49. The molecule has 0 radical (unpaired) electrons. The molecule has 1 saturated carbocycles. The number of benzene rings is 2. The number of hydrogen-bond donors (Lipinski definition) is 2. The van der Waals surface area contributed by atoms with Crippen molar-refractivity contribution in [3.63, 3.8) is 0 Å². The van der Waals surface area contributed by atoms with E-state index in [-0.39, 0.29) is 11.5 Å². The van der Waals surface area contributed by atoms with Crippen molar-refractivity contribution in [2.24, 2.45) is 5.92 Å².